The zero-order valence-corrected chi connectivity index (χ0v) is 12.3. The molecule has 0 aliphatic carbocycles. The predicted octanol–water partition coefficient (Wildman–Crippen LogP) is 1.94. The van der Waals surface area contributed by atoms with E-state index in [2.05, 4.69) is 15.8 Å². The summed E-state index contributed by atoms with van der Waals surface area (Å²) in [6.45, 7) is 3.59. The van der Waals surface area contributed by atoms with Crippen molar-refractivity contribution in [2.24, 2.45) is 0 Å². The third-order valence-electron chi connectivity index (χ3n) is 3.03. The summed E-state index contributed by atoms with van der Waals surface area (Å²) in [6.07, 6.45) is 0.719. The maximum absolute atomic E-state index is 13.4. The van der Waals surface area contributed by atoms with E-state index in [4.69, 9.17) is 4.52 Å². The predicted molar refractivity (Wildman–Crippen MR) is 77.5 cm³/mol. The van der Waals surface area contributed by atoms with Crippen LogP contribution in [0.15, 0.2) is 28.8 Å². The van der Waals surface area contributed by atoms with E-state index in [-0.39, 0.29) is 12.2 Å². The van der Waals surface area contributed by atoms with E-state index in [9.17, 15) is 14.0 Å². The van der Waals surface area contributed by atoms with Gasteiger partial charge in [-0.15, -0.1) is 0 Å². The molecule has 0 radical (unpaired) electrons. The molecule has 0 saturated carbocycles. The van der Waals surface area contributed by atoms with Crippen LogP contribution in [-0.2, 0) is 22.6 Å². The molecule has 0 fully saturated rings. The van der Waals surface area contributed by atoms with Crippen LogP contribution in [0.3, 0.4) is 0 Å². The smallest absolute Gasteiger partial charge is 0.313 e. The van der Waals surface area contributed by atoms with Crippen LogP contribution in [0.2, 0.25) is 0 Å². The number of aromatic nitrogens is 1. The standard InChI is InChI=1S/C15H16FN3O3/c1-3-10-6-12(22-19-10)8-17-14(20)15(21)18-11-5-4-9(2)13(16)7-11/h4-7H,3,8H2,1-2H3,(H,17,20)(H,18,21). The van der Waals surface area contributed by atoms with Crippen molar-refractivity contribution in [1.82, 2.24) is 10.5 Å². The highest BCUT2D eigenvalue weighted by Gasteiger charge is 2.15. The van der Waals surface area contributed by atoms with Crippen LogP contribution in [0, 0.1) is 12.7 Å². The summed E-state index contributed by atoms with van der Waals surface area (Å²) in [5, 5.41) is 8.50. The second-order valence-electron chi connectivity index (χ2n) is 4.74. The molecule has 116 valence electrons. The summed E-state index contributed by atoms with van der Waals surface area (Å²) in [7, 11) is 0. The minimum Gasteiger partial charge on any atom is -0.359 e. The van der Waals surface area contributed by atoms with E-state index in [0.717, 1.165) is 18.2 Å². The van der Waals surface area contributed by atoms with Crippen molar-refractivity contribution in [3.8, 4) is 0 Å². The molecule has 0 atom stereocenters. The van der Waals surface area contributed by atoms with Gasteiger partial charge in [-0.3, -0.25) is 9.59 Å². The highest BCUT2D eigenvalue weighted by atomic mass is 19.1. The third-order valence-corrected chi connectivity index (χ3v) is 3.03. The summed E-state index contributed by atoms with van der Waals surface area (Å²) in [5.74, 6) is -1.71. The quantitative estimate of drug-likeness (QED) is 0.845. The van der Waals surface area contributed by atoms with Crippen molar-refractivity contribution in [2.75, 3.05) is 5.32 Å². The second kappa shape index (κ2) is 6.84. The van der Waals surface area contributed by atoms with E-state index in [1.807, 2.05) is 6.92 Å². The molecule has 1 aromatic carbocycles. The number of nitrogens with zero attached hydrogens (tertiary/aromatic N) is 1. The molecule has 22 heavy (non-hydrogen) atoms. The Bertz CT molecular complexity index is 697. The van der Waals surface area contributed by atoms with Crippen molar-refractivity contribution in [2.45, 2.75) is 26.8 Å². The summed E-state index contributed by atoms with van der Waals surface area (Å²) >= 11 is 0. The van der Waals surface area contributed by atoms with Crippen LogP contribution in [-0.4, -0.2) is 17.0 Å². The molecule has 2 N–H and O–H groups in total. The first-order valence-electron chi connectivity index (χ1n) is 6.79. The normalized spacial score (nSPS) is 10.3. The van der Waals surface area contributed by atoms with Gasteiger partial charge in [0.15, 0.2) is 5.76 Å². The number of hydrogen-bond acceptors (Lipinski definition) is 4. The maximum Gasteiger partial charge on any atom is 0.313 e. The first-order chi connectivity index (χ1) is 10.5. The summed E-state index contributed by atoms with van der Waals surface area (Å²) in [5.41, 5.74) is 1.44. The minimum atomic E-state index is -0.876. The van der Waals surface area contributed by atoms with Gasteiger partial charge in [-0.2, -0.15) is 0 Å². The largest absolute Gasteiger partial charge is 0.359 e. The first kappa shape index (κ1) is 15.7. The van der Waals surface area contributed by atoms with Gasteiger partial charge >= 0.3 is 11.8 Å². The van der Waals surface area contributed by atoms with Crippen molar-refractivity contribution in [3.63, 3.8) is 0 Å². The number of hydrogen-bond donors (Lipinski definition) is 2. The van der Waals surface area contributed by atoms with Gasteiger partial charge in [0.2, 0.25) is 0 Å². The number of nitrogens with one attached hydrogen (secondary N) is 2. The fourth-order valence-electron chi connectivity index (χ4n) is 1.71. The highest BCUT2D eigenvalue weighted by molar-refractivity contribution is 6.39. The van der Waals surface area contributed by atoms with Gasteiger partial charge < -0.3 is 15.2 Å². The lowest BCUT2D eigenvalue weighted by atomic mass is 10.2. The Morgan fingerprint density at radius 3 is 2.68 bits per heavy atom. The molecule has 2 amide bonds. The maximum atomic E-state index is 13.4. The van der Waals surface area contributed by atoms with Crippen LogP contribution in [0.25, 0.3) is 0 Å². The monoisotopic (exact) mass is 305 g/mol. The number of benzene rings is 1. The fraction of sp³-hybridized carbons (Fsp3) is 0.267. The Hall–Kier alpha value is -2.70. The van der Waals surface area contributed by atoms with Crippen LogP contribution in [0.4, 0.5) is 10.1 Å². The number of carbonyl (C=O) groups is 2. The molecule has 7 heteroatoms. The van der Waals surface area contributed by atoms with Crippen LogP contribution >= 0.6 is 0 Å². The van der Waals surface area contributed by atoms with Crippen molar-refractivity contribution in [3.05, 3.63) is 47.1 Å². The number of halogens is 1. The third kappa shape index (κ3) is 3.91. The molecule has 1 aromatic heterocycles. The van der Waals surface area contributed by atoms with E-state index in [0.29, 0.717) is 11.3 Å². The van der Waals surface area contributed by atoms with Crippen LogP contribution in [0.1, 0.15) is 23.9 Å². The Morgan fingerprint density at radius 1 is 1.27 bits per heavy atom. The van der Waals surface area contributed by atoms with Gasteiger partial charge in [-0.1, -0.05) is 18.1 Å². The Kier molecular flexibility index (Phi) is 4.88. The molecule has 1 heterocycles. The molecule has 0 spiro atoms. The molecule has 2 aromatic rings. The molecule has 0 unspecified atom stereocenters. The lowest BCUT2D eigenvalue weighted by molar-refractivity contribution is -0.136. The SMILES string of the molecule is CCc1cc(CNC(=O)C(=O)Nc2ccc(C)c(F)c2)on1. The summed E-state index contributed by atoms with van der Waals surface area (Å²) in [4.78, 5) is 23.4. The second-order valence-corrected chi connectivity index (χ2v) is 4.74. The number of rotatable bonds is 4. The molecule has 6 nitrogen and oxygen atoms in total. The molecule has 0 aliphatic heterocycles. The summed E-state index contributed by atoms with van der Waals surface area (Å²) < 4.78 is 18.4. The van der Waals surface area contributed by atoms with E-state index >= 15 is 0 Å². The van der Waals surface area contributed by atoms with Gasteiger partial charge in [0, 0.05) is 11.8 Å². The number of amides is 2. The van der Waals surface area contributed by atoms with Crippen LogP contribution < -0.4 is 10.6 Å². The Morgan fingerprint density at radius 2 is 2.05 bits per heavy atom. The average Bonchev–Trinajstić information content (AvgIpc) is 2.96. The van der Waals surface area contributed by atoms with Gasteiger partial charge in [0.1, 0.15) is 5.82 Å². The van der Waals surface area contributed by atoms with Gasteiger partial charge in [-0.05, 0) is 31.0 Å². The van der Waals surface area contributed by atoms with Gasteiger partial charge in [-0.25, -0.2) is 4.39 Å². The Labute approximate surface area is 126 Å². The summed E-state index contributed by atoms with van der Waals surface area (Å²) in [6, 6.07) is 5.90. The van der Waals surface area contributed by atoms with E-state index < -0.39 is 17.6 Å². The van der Waals surface area contributed by atoms with Crippen molar-refractivity contribution >= 4 is 17.5 Å². The van der Waals surface area contributed by atoms with E-state index in [1.165, 1.54) is 12.1 Å². The molecule has 0 aliphatic rings. The zero-order valence-electron chi connectivity index (χ0n) is 12.3. The number of carbonyl (C=O) groups excluding carboxylic acids is 2. The lowest BCUT2D eigenvalue weighted by Crippen LogP contribution is -2.34. The van der Waals surface area contributed by atoms with Crippen molar-refractivity contribution < 1.29 is 18.5 Å². The number of aryl methyl sites for hydroxylation is 2. The Balaban J connectivity index is 1.88. The van der Waals surface area contributed by atoms with Gasteiger partial charge in [0.05, 0.1) is 12.2 Å². The van der Waals surface area contributed by atoms with E-state index in [1.54, 1.807) is 13.0 Å². The minimum absolute atomic E-state index is 0.0571. The zero-order chi connectivity index (χ0) is 16.1. The first-order valence-corrected chi connectivity index (χ1v) is 6.79. The van der Waals surface area contributed by atoms with Gasteiger partial charge in [0.25, 0.3) is 0 Å². The lowest BCUT2D eigenvalue weighted by Gasteiger charge is -2.06. The fourth-order valence-corrected chi connectivity index (χ4v) is 1.71. The average molecular weight is 305 g/mol. The van der Waals surface area contributed by atoms with Crippen molar-refractivity contribution in [1.29, 1.82) is 0 Å². The highest BCUT2D eigenvalue weighted by Crippen LogP contribution is 2.13. The molecule has 0 bridgehead atoms. The molecular formula is C15H16FN3O3. The molecular weight excluding hydrogens is 289 g/mol. The number of anilines is 1. The topological polar surface area (TPSA) is 84.2 Å². The van der Waals surface area contributed by atoms with Crippen LogP contribution in [0.5, 0.6) is 0 Å². The molecule has 0 saturated heterocycles. The molecule has 2 rings (SSSR count).